The summed E-state index contributed by atoms with van der Waals surface area (Å²) in [5.74, 6) is -1.71. The summed E-state index contributed by atoms with van der Waals surface area (Å²) in [4.78, 5) is 14.8. The van der Waals surface area contributed by atoms with E-state index in [4.69, 9.17) is 11.6 Å². The number of hydrogen-bond acceptors (Lipinski definition) is 6. The number of amides is 1. The Morgan fingerprint density at radius 3 is 2.55 bits per heavy atom. The van der Waals surface area contributed by atoms with Crippen LogP contribution in [0.2, 0.25) is 5.02 Å². The molecule has 0 saturated carbocycles. The molecule has 4 rings (SSSR count). The van der Waals surface area contributed by atoms with Crippen molar-refractivity contribution in [3.8, 4) is 11.4 Å². The molecule has 3 heterocycles. The lowest BCUT2D eigenvalue weighted by molar-refractivity contribution is -0.152. The van der Waals surface area contributed by atoms with E-state index < -0.39 is 47.1 Å². The average Bonchev–Trinajstić information content (AvgIpc) is 3.46. The minimum Gasteiger partial charge on any atom is -0.365 e. The van der Waals surface area contributed by atoms with Crippen molar-refractivity contribution in [2.24, 2.45) is 0 Å². The molecule has 1 atom stereocenters. The van der Waals surface area contributed by atoms with Crippen LogP contribution >= 0.6 is 11.6 Å². The van der Waals surface area contributed by atoms with Crippen LogP contribution in [-0.4, -0.2) is 55.6 Å². The molecular formula is C21H18ClF7N8O. The minimum absolute atomic E-state index is 0.0219. The summed E-state index contributed by atoms with van der Waals surface area (Å²) >= 11 is 5.69. The average molecular weight is 567 g/mol. The Labute approximate surface area is 214 Å². The number of tetrazole rings is 1. The number of alkyl halides is 6. The Kier molecular flexibility index (Phi) is 7.36. The maximum absolute atomic E-state index is 13.8. The second-order valence-corrected chi connectivity index (χ2v) is 8.72. The molecule has 0 radical (unpaired) electrons. The fraction of sp³-hybridized carbons (Fsp3) is 0.381. The van der Waals surface area contributed by atoms with Gasteiger partial charge in [-0.3, -0.25) is 9.48 Å². The third kappa shape index (κ3) is 5.89. The molecule has 204 valence electrons. The second kappa shape index (κ2) is 10.2. The first-order chi connectivity index (χ1) is 17.7. The summed E-state index contributed by atoms with van der Waals surface area (Å²) < 4.78 is 94.2. The van der Waals surface area contributed by atoms with Gasteiger partial charge >= 0.3 is 12.4 Å². The highest BCUT2D eigenvalue weighted by Gasteiger charge is 2.42. The molecule has 1 amide bonds. The predicted molar refractivity (Wildman–Crippen MR) is 121 cm³/mol. The Hall–Kier alpha value is -3.69. The van der Waals surface area contributed by atoms with Gasteiger partial charge in [-0.2, -0.15) is 36.7 Å². The Morgan fingerprint density at radius 2 is 1.97 bits per heavy atom. The predicted octanol–water partition coefficient (Wildman–Crippen LogP) is 5.24. The van der Waals surface area contributed by atoms with Gasteiger partial charge in [-0.05, 0) is 42.8 Å². The first kappa shape index (κ1) is 27.3. The highest BCUT2D eigenvalue weighted by atomic mass is 35.5. The van der Waals surface area contributed by atoms with Crippen LogP contribution in [0.15, 0.2) is 30.1 Å². The van der Waals surface area contributed by atoms with Crippen LogP contribution in [-0.2, 0) is 11.0 Å². The van der Waals surface area contributed by atoms with Crippen LogP contribution in [0.4, 0.5) is 42.1 Å². The van der Waals surface area contributed by atoms with Crippen molar-refractivity contribution >= 4 is 28.9 Å². The Bertz CT molecular complexity index is 1350. The lowest BCUT2D eigenvalue weighted by Gasteiger charge is -2.27. The molecule has 2 N–H and O–H groups in total. The fourth-order valence-corrected chi connectivity index (χ4v) is 4.16. The summed E-state index contributed by atoms with van der Waals surface area (Å²) in [5, 5.41) is 17.9. The number of carbonyl (C=O) groups excluding carboxylic acids is 1. The van der Waals surface area contributed by atoms with Crippen molar-refractivity contribution in [1.29, 1.82) is 0 Å². The first-order valence-corrected chi connectivity index (χ1v) is 11.3. The number of benzene rings is 1. The van der Waals surface area contributed by atoms with E-state index in [-0.39, 0.29) is 29.4 Å². The van der Waals surface area contributed by atoms with Gasteiger partial charge in [0.05, 0.1) is 29.4 Å². The number of H-pyrrole nitrogens is 1. The highest BCUT2D eigenvalue weighted by molar-refractivity contribution is 6.32. The molecule has 3 aromatic rings. The molecule has 0 aliphatic carbocycles. The molecule has 0 spiro atoms. The van der Waals surface area contributed by atoms with Crippen LogP contribution in [0, 0.1) is 6.92 Å². The number of aromatic amines is 1. The number of aromatic nitrogens is 6. The van der Waals surface area contributed by atoms with E-state index in [1.54, 1.807) is 4.90 Å². The molecule has 2 aromatic heterocycles. The number of rotatable bonds is 6. The molecule has 1 aliphatic rings. The van der Waals surface area contributed by atoms with E-state index in [1.165, 1.54) is 24.3 Å². The van der Waals surface area contributed by atoms with Gasteiger partial charge in [0, 0.05) is 17.8 Å². The monoisotopic (exact) mass is 566 g/mol. The van der Waals surface area contributed by atoms with Gasteiger partial charge in [-0.1, -0.05) is 11.6 Å². The van der Waals surface area contributed by atoms with Crippen molar-refractivity contribution in [1.82, 2.24) is 30.4 Å². The van der Waals surface area contributed by atoms with Gasteiger partial charge in [0.25, 0.3) is 0 Å². The van der Waals surface area contributed by atoms with Crippen molar-refractivity contribution in [2.45, 2.75) is 38.2 Å². The van der Waals surface area contributed by atoms with Gasteiger partial charge in [0.15, 0.2) is 5.69 Å². The third-order valence-electron chi connectivity index (χ3n) is 5.69. The maximum Gasteiger partial charge on any atom is 0.436 e. The SMILES string of the molecule is Cc1c(Cl)c(C(F)(F)F)nn1[C@@H](CC(F)(F)F)C(=O)Nc1ccc(N2CCC=C(F)C2)cc1-c1nn[nH]n1. The summed E-state index contributed by atoms with van der Waals surface area (Å²) in [6.45, 7) is 1.47. The Balaban J connectivity index is 1.72. The maximum atomic E-state index is 13.8. The van der Waals surface area contributed by atoms with Gasteiger partial charge in [-0.25, -0.2) is 4.39 Å². The number of carbonyl (C=O) groups is 1. The zero-order chi connectivity index (χ0) is 27.8. The minimum atomic E-state index is -5.06. The fourth-order valence-electron chi connectivity index (χ4n) is 3.93. The normalized spacial score (nSPS) is 15.4. The van der Waals surface area contributed by atoms with Gasteiger partial charge < -0.3 is 10.2 Å². The molecule has 1 aromatic carbocycles. The second-order valence-electron chi connectivity index (χ2n) is 8.34. The molecule has 0 bridgehead atoms. The number of nitrogens with zero attached hydrogens (tertiary/aromatic N) is 6. The van der Waals surface area contributed by atoms with Crippen LogP contribution in [0.25, 0.3) is 11.4 Å². The van der Waals surface area contributed by atoms with Gasteiger partial charge in [0.2, 0.25) is 11.7 Å². The molecule has 38 heavy (non-hydrogen) atoms. The van der Waals surface area contributed by atoms with E-state index >= 15 is 0 Å². The van der Waals surface area contributed by atoms with E-state index in [0.29, 0.717) is 23.3 Å². The highest BCUT2D eigenvalue weighted by Crippen LogP contribution is 2.39. The molecule has 17 heteroatoms. The Morgan fingerprint density at radius 1 is 1.24 bits per heavy atom. The summed E-state index contributed by atoms with van der Waals surface area (Å²) in [6, 6.07) is 2.08. The quantitative estimate of drug-likeness (QED) is 0.396. The first-order valence-electron chi connectivity index (χ1n) is 10.9. The lowest BCUT2D eigenvalue weighted by Crippen LogP contribution is -2.32. The van der Waals surface area contributed by atoms with E-state index in [2.05, 4.69) is 31.0 Å². The lowest BCUT2D eigenvalue weighted by atomic mass is 10.1. The van der Waals surface area contributed by atoms with Gasteiger partial charge in [-0.15, -0.1) is 10.2 Å². The number of halogens is 8. The number of anilines is 2. The molecule has 0 saturated heterocycles. The van der Waals surface area contributed by atoms with Crippen LogP contribution < -0.4 is 10.2 Å². The van der Waals surface area contributed by atoms with Gasteiger partial charge in [0.1, 0.15) is 11.9 Å². The van der Waals surface area contributed by atoms with E-state index in [0.717, 1.165) is 6.92 Å². The zero-order valence-electron chi connectivity index (χ0n) is 19.3. The standard InChI is InChI=1S/C21H18ClF7N8O/c1-10-16(22)17(21(27,28)29)33-37(10)15(8-20(24,25)26)19(38)30-14-5-4-12(36-6-2-3-11(23)9-36)7-13(14)18-31-34-35-32-18/h3-5,7,15H,2,6,8-9H2,1H3,(H,30,38)(H,31,32,34,35)/t15-/m0/s1. The smallest absolute Gasteiger partial charge is 0.365 e. The largest absolute Gasteiger partial charge is 0.436 e. The van der Waals surface area contributed by atoms with Crippen LogP contribution in [0.1, 0.15) is 30.3 Å². The van der Waals surface area contributed by atoms with Crippen molar-refractivity contribution in [3.63, 3.8) is 0 Å². The molecule has 0 unspecified atom stereocenters. The third-order valence-corrected chi connectivity index (χ3v) is 6.14. The van der Waals surface area contributed by atoms with Crippen molar-refractivity contribution < 1.29 is 35.5 Å². The van der Waals surface area contributed by atoms with Crippen molar-refractivity contribution in [3.05, 3.63) is 46.5 Å². The summed E-state index contributed by atoms with van der Waals surface area (Å²) in [6.07, 6.45) is -9.95. The summed E-state index contributed by atoms with van der Waals surface area (Å²) in [5.41, 5.74) is -1.53. The van der Waals surface area contributed by atoms with Crippen molar-refractivity contribution in [2.75, 3.05) is 23.3 Å². The number of nitrogens with one attached hydrogen (secondary N) is 2. The molecule has 0 fully saturated rings. The van der Waals surface area contributed by atoms with Crippen LogP contribution in [0.3, 0.4) is 0 Å². The number of hydrogen-bond donors (Lipinski definition) is 2. The molecule has 9 nitrogen and oxygen atoms in total. The van der Waals surface area contributed by atoms with E-state index in [9.17, 15) is 35.5 Å². The van der Waals surface area contributed by atoms with Crippen LogP contribution in [0.5, 0.6) is 0 Å². The summed E-state index contributed by atoms with van der Waals surface area (Å²) in [7, 11) is 0. The van der Waals surface area contributed by atoms with E-state index in [1.807, 2.05) is 0 Å². The topological polar surface area (TPSA) is 105 Å². The zero-order valence-corrected chi connectivity index (χ0v) is 20.1. The molecule has 1 aliphatic heterocycles. The molecular weight excluding hydrogens is 549 g/mol.